The normalized spacial score (nSPS) is 12.2. The van der Waals surface area contributed by atoms with Crippen molar-refractivity contribution in [2.45, 2.75) is 12.4 Å². The Kier molecular flexibility index (Phi) is 33.6. The van der Waals surface area contributed by atoms with Crippen LogP contribution in [0.25, 0.3) is 0 Å². The summed E-state index contributed by atoms with van der Waals surface area (Å²) in [6, 6.07) is 0. The van der Waals surface area contributed by atoms with Gasteiger partial charge in [0.05, 0.1) is 0 Å². The third kappa shape index (κ3) is 150. The van der Waals surface area contributed by atoms with Gasteiger partial charge in [0.15, 0.2) is 0 Å². The molecule has 0 spiro atoms. The first-order chi connectivity index (χ1) is 14.0. The van der Waals surface area contributed by atoms with Gasteiger partial charge in [0.1, 0.15) is 0 Å². The minimum atomic E-state index is -2.93. The first kappa shape index (κ1) is 54.6. The minimum absolute atomic E-state index is 0. The summed E-state index contributed by atoms with van der Waals surface area (Å²) in [5, 5.41) is 9.64. The second-order valence-electron chi connectivity index (χ2n) is 8.66. The molecule has 0 aromatic heterocycles. The van der Waals surface area contributed by atoms with Crippen LogP contribution in [0.5, 0.6) is 0 Å². The average Bonchev–Trinajstić information content (AvgIpc) is 2.24. The van der Waals surface area contributed by atoms with Crippen LogP contribution in [0.1, 0.15) is 6.42 Å². The van der Waals surface area contributed by atoms with Crippen LogP contribution in [0.3, 0.4) is 0 Å². The van der Waals surface area contributed by atoms with Crippen molar-refractivity contribution >= 4 is 44.2 Å². The van der Waals surface area contributed by atoms with Gasteiger partial charge in [0, 0.05) is 56.1 Å². The van der Waals surface area contributed by atoms with Crippen LogP contribution in [0.15, 0.2) is 0 Å². The Bertz CT molecular complexity index is 694. The van der Waals surface area contributed by atoms with Crippen molar-refractivity contribution < 1.29 is 105 Å². The number of hydrogen-bond donors (Lipinski definition) is 1. The smallest absolute Gasteiger partial charge is 0.800 e. The Morgan fingerprint density at radius 3 is 0.750 bits per heavy atom. The SMILES string of the molecule is CP(C)(=O)[O-].CP(C)(=O)[O-].CP(C)(=O)[O-].CP(C)(=O)[O-].[CH2-]CC(O)(OP(C)(C)=O)OP(C)(C)=O.[Ti+2].[Ti+3]. The standard InChI is InChI=1S/C7H17O5P2.4C2H7O2P.2Ti/c1-6-7(8,11-13(2,3)9)12-14(4,5)10;4*1-5(2,3)4;;/h8H,1,6H2,2-5H3;4*1-2H3,(H,3,4);;/q-1;;;;;+2;+3/p-4. The number of rotatable bonds is 5. The van der Waals surface area contributed by atoms with Crippen molar-refractivity contribution in [1.82, 2.24) is 0 Å². The predicted molar refractivity (Wildman–Crippen MR) is 134 cm³/mol. The van der Waals surface area contributed by atoms with Gasteiger partial charge in [0.2, 0.25) is 14.7 Å². The fraction of sp³-hybridized carbons (Fsp3) is 0.933. The Morgan fingerprint density at radius 2 is 0.694 bits per heavy atom. The average molecular weight is 711 g/mol. The molecule has 0 atom stereocenters. The van der Waals surface area contributed by atoms with Crippen LogP contribution in [-0.4, -0.2) is 91.1 Å². The van der Waals surface area contributed by atoms with Gasteiger partial charge in [-0.2, -0.15) is 0 Å². The van der Waals surface area contributed by atoms with E-state index in [1.165, 1.54) is 80.0 Å². The molecule has 0 aliphatic heterocycles. The summed E-state index contributed by atoms with van der Waals surface area (Å²) in [7, 11) is -17.4. The van der Waals surface area contributed by atoms with Gasteiger partial charge in [-0.25, -0.2) is 0 Å². The maximum absolute atomic E-state index is 11.3. The van der Waals surface area contributed by atoms with E-state index in [2.05, 4.69) is 6.92 Å². The molecule has 0 aromatic rings. The predicted octanol–water partition coefficient (Wildman–Crippen LogP) is 1.50. The summed E-state index contributed by atoms with van der Waals surface area (Å²) in [5.74, 6) is -2.13. The molecular formula is C15H41O13P6Ti2. The molecule has 0 heterocycles. The summed E-state index contributed by atoms with van der Waals surface area (Å²) in [4.78, 5) is 38.6. The molecule has 0 fully saturated rings. The maximum atomic E-state index is 11.3. The van der Waals surface area contributed by atoms with E-state index in [-0.39, 0.29) is 49.9 Å². The quantitative estimate of drug-likeness (QED) is 0.185. The van der Waals surface area contributed by atoms with Crippen molar-refractivity contribution in [3.8, 4) is 0 Å². The van der Waals surface area contributed by atoms with Crippen LogP contribution in [0, 0.1) is 6.92 Å². The Labute approximate surface area is 246 Å². The van der Waals surface area contributed by atoms with Gasteiger partial charge in [-0.3, -0.25) is 18.2 Å². The molecule has 0 amide bonds. The third-order valence-electron chi connectivity index (χ3n) is 1.04. The van der Waals surface area contributed by atoms with Crippen LogP contribution in [-0.2, 0) is 79.9 Å². The van der Waals surface area contributed by atoms with E-state index in [1.54, 1.807) is 0 Å². The van der Waals surface area contributed by atoms with Crippen molar-refractivity contribution in [3.63, 3.8) is 0 Å². The van der Waals surface area contributed by atoms with Crippen molar-refractivity contribution in [3.05, 3.63) is 6.92 Å². The molecular weight excluding hydrogens is 670 g/mol. The summed E-state index contributed by atoms with van der Waals surface area (Å²) >= 11 is 0. The van der Waals surface area contributed by atoms with Crippen LogP contribution >= 0.6 is 44.2 Å². The zero-order chi connectivity index (χ0) is 29.6. The van der Waals surface area contributed by atoms with E-state index in [0.717, 1.165) is 0 Å². The minimum Gasteiger partial charge on any atom is -0.800 e. The first-order valence-electron chi connectivity index (χ1n) is 9.04. The second-order valence-corrected chi connectivity index (χ2v) is 24.0. The molecule has 13 nitrogen and oxygen atoms in total. The molecule has 0 unspecified atom stereocenters. The van der Waals surface area contributed by atoms with E-state index in [4.69, 9.17) is 9.05 Å². The van der Waals surface area contributed by atoms with Gasteiger partial charge in [-0.1, -0.05) is 6.42 Å². The summed E-state index contributed by atoms with van der Waals surface area (Å²) in [6.45, 7) is 18.2. The van der Waals surface area contributed by atoms with Gasteiger partial charge in [-0.05, 0) is 53.3 Å². The Morgan fingerprint density at radius 1 is 0.583 bits per heavy atom. The summed E-state index contributed by atoms with van der Waals surface area (Å²) in [5.41, 5.74) is 0. The topological polar surface area (TPSA) is 233 Å². The molecule has 0 aliphatic carbocycles. The third-order valence-corrected chi connectivity index (χ3v) is 2.49. The molecule has 1 radical (unpaired) electrons. The van der Waals surface area contributed by atoms with Crippen molar-refractivity contribution in [2.24, 2.45) is 0 Å². The van der Waals surface area contributed by atoms with E-state index >= 15 is 0 Å². The molecule has 0 rings (SSSR count). The second kappa shape index (κ2) is 22.2. The number of aliphatic hydroxyl groups is 1. The Balaban J connectivity index is -0.0000000642. The molecule has 0 saturated carbocycles. The molecule has 217 valence electrons. The fourth-order valence-corrected chi connectivity index (χ4v) is 2.48. The molecule has 0 bridgehead atoms. The first-order valence-corrected chi connectivity index (χ1v) is 24.2. The van der Waals surface area contributed by atoms with Gasteiger partial charge >= 0.3 is 43.4 Å². The Hall–Kier alpha value is 2.53. The van der Waals surface area contributed by atoms with E-state index < -0.39 is 50.2 Å². The van der Waals surface area contributed by atoms with E-state index in [1.807, 2.05) is 0 Å². The largest absolute Gasteiger partial charge is 3.00 e. The summed E-state index contributed by atoms with van der Waals surface area (Å²) in [6.07, 6.45) is -0.190. The van der Waals surface area contributed by atoms with Crippen LogP contribution in [0.4, 0.5) is 0 Å². The molecule has 21 heteroatoms. The van der Waals surface area contributed by atoms with Crippen molar-refractivity contribution in [1.29, 1.82) is 0 Å². The maximum Gasteiger partial charge on any atom is 3.00 e. The zero-order valence-corrected chi connectivity index (χ0v) is 31.4. The summed E-state index contributed by atoms with van der Waals surface area (Å²) < 4.78 is 70.8. The molecule has 0 aromatic carbocycles. The monoisotopic (exact) mass is 711 g/mol. The molecule has 0 saturated heterocycles. The van der Waals surface area contributed by atoms with Crippen LogP contribution in [0.2, 0.25) is 0 Å². The van der Waals surface area contributed by atoms with Crippen LogP contribution < -0.4 is 19.6 Å². The molecule has 0 aliphatic rings. The van der Waals surface area contributed by atoms with Gasteiger partial charge in [-0.15, -0.1) is 0 Å². The van der Waals surface area contributed by atoms with Gasteiger partial charge in [0.25, 0.3) is 5.97 Å². The van der Waals surface area contributed by atoms with Crippen molar-refractivity contribution in [2.75, 3.05) is 80.0 Å². The van der Waals surface area contributed by atoms with E-state index in [9.17, 15) is 52.1 Å². The van der Waals surface area contributed by atoms with E-state index in [0.29, 0.717) is 0 Å². The number of hydrogen-bond acceptors (Lipinski definition) is 13. The molecule has 1 N–H and O–H groups in total. The zero-order valence-electron chi connectivity index (χ0n) is 22.9. The molecule has 36 heavy (non-hydrogen) atoms. The van der Waals surface area contributed by atoms with Gasteiger partial charge < -0.3 is 49.9 Å². The fourth-order valence-electron chi connectivity index (χ4n) is 0.795.